The number of allylic oxidation sites excluding steroid dienone is 20. The molecule has 0 aromatic carbocycles. The Bertz CT molecular complexity index is 1640. The fraction of sp³-hybridized carbons (Fsp3) is 0.685. The van der Waals surface area contributed by atoms with Crippen LogP contribution in [0.3, 0.4) is 0 Å². The van der Waals surface area contributed by atoms with Gasteiger partial charge >= 0.3 is 17.9 Å². The van der Waals surface area contributed by atoms with Crippen LogP contribution in [0.2, 0.25) is 0 Å². The average molecular weight is 1100 g/mol. The summed E-state index contributed by atoms with van der Waals surface area (Å²) < 4.78 is 16.9. The van der Waals surface area contributed by atoms with Gasteiger partial charge < -0.3 is 14.2 Å². The summed E-state index contributed by atoms with van der Waals surface area (Å²) in [7, 11) is 0. The van der Waals surface area contributed by atoms with Gasteiger partial charge in [-0.25, -0.2) is 0 Å². The fourth-order valence-corrected chi connectivity index (χ4v) is 9.07. The first kappa shape index (κ1) is 74.8. The largest absolute Gasteiger partial charge is 0.462 e. The summed E-state index contributed by atoms with van der Waals surface area (Å²) in [5.41, 5.74) is 0. The Hall–Kier alpha value is -4.19. The smallest absolute Gasteiger partial charge is 0.306 e. The van der Waals surface area contributed by atoms with Crippen LogP contribution >= 0.6 is 0 Å². The van der Waals surface area contributed by atoms with E-state index < -0.39 is 12.1 Å². The summed E-state index contributed by atoms with van der Waals surface area (Å²) in [5.74, 6) is -1.00. The molecule has 1 atom stereocenters. The van der Waals surface area contributed by atoms with Crippen LogP contribution in [0.15, 0.2) is 122 Å². The standard InChI is InChI=1S/C73H122O6/c1-4-7-10-13-16-19-22-25-28-31-33-34-35-36-37-38-40-42-45-48-51-54-57-60-63-66-72(75)78-69-70(68-77-71(74)65-62-59-56-53-50-47-44-41-30-27-24-21-18-15-12-9-6-3)79-73(76)67-64-61-58-55-52-49-46-43-39-32-29-26-23-20-17-14-11-8-5-2/h8-9,11-12,17-18,20-21,26-27,29-31,33,39,43,49,52,58,61,70H,4-7,10,13-16,19,22-25,28,32,34-38,40-42,44-48,50-51,53-57,59-60,62-69H2,1-3H3/b11-8-,12-9-,20-17-,21-18-,29-26-,30-27-,33-31-,43-39-,52-49-,61-58-. The molecule has 0 aliphatic heterocycles. The molecule has 0 spiro atoms. The van der Waals surface area contributed by atoms with Gasteiger partial charge in [0.25, 0.3) is 0 Å². The quantitative estimate of drug-likeness (QED) is 0.0261. The van der Waals surface area contributed by atoms with E-state index in [4.69, 9.17) is 14.2 Å². The number of rotatable bonds is 59. The van der Waals surface area contributed by atoms with Gasteiger partial charge in [0.15, 0.2) is 6.10 Å². The van der Waals surface area contributed by atoms with Gasteiger partial charge in [0.05, 0.1) is 0 Å². The highest BCUT2D eigenvalue weighted by atomic mass is 16.6. The van der Waals surface area contributed by atoms with Gasteiger partial charge in [-0.1, -0.05) is 290 Å². The fourth-order valence-electron chi connectivity index (χ4n) is 9.07. The number of esters is 3. The van der Waals surface area contributed by atoms with Crippen molar-refractivity contribution in [3.05, 3.63) is 122 Å². The van der Waals surface area contributed by atoms with Crippen LogP contribution in [0, 0.1) is 0 Å². The van der Waals surface area contributed by atoms with Crippen LogP contribution in [0.4, 0.5) is 0 Å². The van der Waals surface area contributed by atoms with E-state index in [2.05, 4.69) is 136 Å². The predicted octanol–water partition coefficient (Wildman–Crippen LogP) is 22.8. The molecule has 0 saturated heterocycles. The maximum absolute atomic E-state index is 12.9. The number of unbranched alkanes of at least 4 members (excludes halogenated alkanes) is 28. The molecule has 79 heavy (non-hydrogen) atoms. The number of carbonyl (C=O) groups excluding carboxylic acids is 3. The van der Waals surface area contributed by atoms with Gasteiger partial charge in [0, 0.05) is 19.3 Å². The summed E-state index contributed by atoms with van der Waals surface area (Å²) in [4.78, 5) is 38.3. The lowest BCUT2D eigenvalue weighted by molar-refractivity contribution is -0.166. The van der Waals surface area contributed by atoms with Gasteiger partial charge in [-0.2, -0.15) is 0 Å². The van der Waals surface area contributed by atoms with Gasteiger partial charge in [0.1, 0.15) is 13.2 Å². The van der Waals surface area contributed by atoms with Gasteiger partial charge in [-0.3, -0.25) is 14.4 Å². The van der Waals surface area contributed by atoms with E-state index in [1.807, 2.05) is 6.08 Å². The Morgan fingerprint density at radius 2 is 0.519 bits per heavy atom. The first-order valence-electron chi connectivity index (χ1n) is 33.0. The summed E-state index contributed by atoms with van der Waals surface area (Å²) in [5, 5.41) is 0. The molecule has 0 aliphatic carbocycles. The molecule has 450 valence electrons. The van der Waals surface area contributed by atoms with E-state index in [9.17, 15) is 14.4 Å². The van der Waals surface area contributed by atoms with Gasteiger partial charge in [-0.05, 0) is 116 Å². The molecule has 1 unspecified atom stereocenters. The van der Waals surface area contributed by atoms with Crippen LogP contribution in [0.1, 0.15) is 303 Å². The zero-order valence-electron chi connectivity index (χ0n) is 51.6. The van der Waals surface area contributed by atoms with Crippen molar-refractivity contribution >= 4 is 17.9 Å². The molecule has 0 N–H and O–H groups in total. The number of ether oxygens (including phenoxy) is 3. The van der Waals surface area contributed by atoms with E-state index >= 15 is 0 Å². The second-order valence-corrected chi connectivity index (χ2v) is 21.6. The van der Waals surface area contributed by atoms with Gasteiger partial charge in [0.2, 0.25) is 0 Å². The van der Waals surface area contributed by atoms with E-state index in [1.165, 1.54) is 154 Å². The minimum absolute atomic E-state index is 0.113. The molecule has 0 aromatic rings. The summed E-state index contributed by atoms with van der Waals surface area (Å²) in [6, 6.07) is 0. The normalized spacial score (nSPS) is 12.9. The van der Waals surface area contributed by atoms with E-state index in [-0.39, 0.29) is 31.6 Å². The molecule has 0 radical (unpaired) electrons. The second kappa shape index (κ2) is 66.3. The highest BCUT2D eigenvalue weighted by Crippen LogP contribution is 2.16. The molecular formula is C73H122O6. The third-order valence-corrected chi connectivity index (χ3v) is 13.9. The molecule has 0 bridgehead atoms. The third kappa shape index (κ3) is 64.5. The lowest BCUT2D eigenvalue weighted by Crippen LogP contribution is -2.30. The monoisotopic (exact) mass is 1090 g/mol. The molecule has 0 heterocycles. The van der Waals surface area contributed by atoms with Crippen molar-refractivity contribution in [1.29, 1.82) is 0 Å². The SMILES string of the molecule is CC/C=C\C/C=C\C/C=C\C/C=C\C/C=C\C/C=C\CCC(=O)OC(COC(=O)CCCCCCCCC/C=C\C/C=C\C/C=C\CC)COC(=O)CCCCCCCCCCCCCCC/C=C\CCCCCCCCCC. The van der Waals surface area contributed by atoms with Gasteiger partial charge in [-0.15, -0.1) is 0 Å². The summed E-state index contributed by atoms with van der Waals surface area (Å²) in [6.07, 6.45) is 92.3. The van der Waals surface area contributed by atoms with E-state index in [1.54, 1.807) is 0 Å². The highest BCUT2D eigenvalue weighted by molar-refractivity contribution is 5.71. The minimum atomic E-state index is -0.827. The van der Waals surface area contributed by atoms with Crippen molar-refractivity contribution in [2.24, 2.45) is 0 Å². The first-order chi connectivity index (χ1) is 39.0. The Morgan fingerprint density at radius 3 is 0.835 bits per heavy atom. The Kier molecular flexibility index (Phi) is 62.8. The molecule has 0 rings (SSSR count). The molecular weight excluding hydrogens is 973 g/mol. The summed E-state index contributed by atoms with van der Waals surface area (Å²) >= 11 is 0. The molecule has 0 aliphatic rings. The van der Waals surface area contributed by atoms with Crippen LogP contribution in [-0.2, 0) is 28.6 Å². The van der Waals surface area contributed by atoms with E-state index in [0.717, 1.165) is 103 Å². The number of hydrogen-bond acceptors (Lipinski definition) is 6. The molecule has 0 saturated carbocycles. The first-order valence-corrected chi connectivity index (χ1v) is 33.0. The van der Waals surface area contributed by atoms with Crippen molar-refractivity contribution in [2.75, 3.05) is 13.2 Å². The summed E-state index contributed by atoms with van der Waals surface area (Å²) in [6.45, 7) is 6.37. The van der Waals surface area contributed by atoms with Crippen molar-refractivity contribution in [3.8, 4) is 0 Å². The number of hydrogen-bond donors (Lipinski definition) is 0. The Morgan fingerprint density at radius 1 is 0.266 bits per heavy atom. The highest BCUT2D eigenvalue weighted by Gasteiger charge is 2.19. The zero-order chi connectivity index (χ0) is 57.1. The Labute approximate surface area is 488 Å². The maximum Gasteiger partial charge on any atom is 0.306 e. The zero-order valence-corrected chi connectivity index (χ0v) is 51.6. The van der Waals surface area contributed by atoms with Crippen LogP contribution in [0.25, 0.3) is 0 Å². The van der Waals surface area contributed by atoms with Crippen LogP contribution < -0.4 is 0 Å². The van der Waals surface area contributed by atoms with Crippen molar-refractivity contribution in [3.63, 3.8) is 0 Å². The van der Waals surface area contributed by atoms with Crippen LogP contribution in [-0.4, -0.2) is 37.2 Å². The average Bonchev–Trinajstić information content (AvgIpc) is 3.45. The molecule has 0 aromatic heterocycles. The third-order valence-electron chi connectivity index (χ3n) is 13.9. The molecule has 0 amide bonds. The second-order valence-electron chi connectivity index (χ2n) is 21.6. The topological polar surface area (TPSA) is 78.9 Å². The lowest BCUT2D eigenvalue weighted by Gasteiger charge is -2.18. The molecule has 0 fully saturated rings. The number of carbonyl (C=O) groups is 3. The lowest BCUT2D eigenvalue weighted by atomic mass is 10.0. The minimum Gasteiger partial charge on any atom is -0.462 e. The van der Waals surface area contributed by atoms with Crippen molar-refractivity contribution < 1.29 is 28.6 Å². The van der Waals surface area contributed by atoms with Crippen molar-refractivity contribution in [2.45, 2.75) is 309 Å². The molecule has 6 nitrogen and oxygen atoms in total. The molecule has 6 heteroatoms. The van der Waals surface area contributed by atoms with Crippen molar-refractivity contribution in [1.82, 2.24) is 0 Å². The van der Waals surface area contributed by atoms with E-state index in [0.29, 0.717) is 19.3 Å². The van der Waals surface area contributed by atoms with Crippen LogP contribution in [0.5, 0.6) is 0 Å². The maximum atomic E-state index is 12.9. The Balaban J connectivity index is 4.44. The predicted molar refractivity (Wildman–Crippen MR) is 343 cm³/mol.